The molecule has 102 valence electrons. The highest BCUT2D eigenvalue weighted by atomic mass is 79.9. The van der Waals surface area contributed by atoms with Crippen LogP contribution >= 0.6 is 15.9 Å². The molecule has 6 heteroatoms. The van der Waals surface area contributed by atoms with Crippen LogP contribution in [0.25, 0.3) is 0 Å². The summed E-state index contributed by atoms with van der Waals surface area (Å²) in [7, 11) is 0. The van der Waals surface area contributed by atoms with Crippen molar-refractivity contribution < 1.29 is 14.0 Å². The Bertz CT molecular complexity index is 530. The van der Waals surface area contributed by atoms with Gasteiger partial charge < -0.3 is 14.0 Å². The molecule has 0 amide bonds. The van der Waals surface area contributed by atoms with Crippen LogP contribution in [-0.4, -0.2) is 16.7 Å². The second kappa shape index (κ2) is 6.68. The van der Waals surface area contributed by atoms with E-state index in [-0.39, 0.29) is 12.7 Å². The number of halogens is 1. The quantitative estimate of drug-likeness (QED) is 0.813. The van der Waals surface area contributed by atoms with Crippen LogP contribution in [0.5, 0.6) is 5.75 Å². The number of benzene rings is 1. The summed E-state index contributed by atoms with van der Waals surface area (Å²) in [6, 6.07) is 7.60. The molecule has 0 bridgehead atoms. The molecule has 5 nitrogen and oxygen atoms in total. The Morgan fingerprint density at radius 1 is 1.37 bits per heavy atom. The monoisotopic (exact) mass is 326 g/mol. The van der Waals surface area contributed by atoms with Crippen molar-refractivity contribution in [3.8, 4) is 5.75 Å². The van der Waals surface area contributed by atoms with Crippen LogP contribution in [0.15, 0.2) is 33.3 Å². The Kier molecular flexibility index (Phi) is 4.93. The normalized spacial score (nSPS) is 12.4. The average Bonchev–Trinajstić information content (AvgIpc) is 2.87. The molecule has 0 fully saturated rings. The predicted molar refractivity (Wildman–Crippen MR) is 72.8 cm³/mol. The van der Waals surface area contributed by atoms with E-state index in [4.69, 9.17) is 14.0 Å². The summed E-state index contributed by atoms with van der Waals surface area (Å²) in [5.74, 6) is 1.70. The van der Waals surface area contributed by atoms with Gasteiger partial charge in [-0.25, -0.2) is 0 Å². The minimum Gasteiger partial charge on any atom is -0.483 e. The number of para-hydroxylation sites is 1. The largest absolute Gasteiger partial charge is 0.483 e. The maximum Gasteiger partial charge on any atom is 0.264 e. The zero-order chi connectivity index (χ0) is 13.7. The summed E-state index contributed by atoms with van der Waals surface area (Å²) in [4.78, 5) is 4.23. The lowest BCUT2D eigenvalue weighted by atomic mass is 10.3. The highest BCUT2D eigenvalue weighted by Gasteiger charge is 2.14. The van der Waals surface area contributed by atoms with Gasteiger partial charge in [0.15, 0.2) is 12.4 Å². The van der Waals surface area contributed by atoms with Crippen LogP contribution < -0.4 is 4.74 Å². The summed E-state index contributed by atoms with van der Waals surface area (Å²) in [6.07, 6.45) is -0.175. The molecule has 0 aliphatic heterocycles. The maximum absolute atomic E-state index is 5.59. The van der Waals surface area contributed by atoms with E-state index in [9.17, 15) is 0 Å². The van der Waals surface area contributed by atoms with E-state index in [2.05, 4.69) is 26.1 Å². The van der Waals surface area contributed by atoms with Gasteiger partial charge in [-0.15, -0.1) is 0 Å². The number of nitrogens with zero attached hydrogens (tertiary/aromatic N) is 2. The number of hydrogen-bond donors (Lipinski definition) is 0. The van der Waals surface area contributed by atoms with E-state index in [1.807, 2.05) is 38.1 Å². The molecule has 19 heavy (non-hydrogen) atoms. The van der Waals surface area contributed by atoms with E-state index < -0.39 is 0 Å². The highest BCUT2D eigenvalue weighted by Crippen LogP contribution is 2.24. The summed E-state index contributed by atoms with van der Waals surface area (Å²) < 4.78 is 17.0. The third-order valence-electron chi connectivity index (χ3n) is 2.45. The third kappa shape index (κ3) is 3.78. The van der Waals surface area contributed by atoms with Gasteiger partial charge in [0.05, 0.1) is 4.47 Å². The van der Waals surface area contributed by atoms with Crippen molar-refractivity contribution >= 4 is 15.9 Å². The Hall–Kier alpha value is -1.40. The Labute approximate surface area is 120 Å². The summed E-state index contributed by atoms with van der Waals surface area (Å²) in [6.45, 7) is 4.65. The first-order chi connectivity index (χ1) is 9.20. The standard InChI is InChI=1S/C13H15BrN2O3/c1-3-17-9(2)13-15-12(19-16-13)8-18-11-7-5-4-6-10(11)14/h4-7,9H,3,8H2,1-2H3/t9-/m0/s1. The molecule has 0 unspecified atom stereocenters. The topological polar surface area (TPSA) is 57.4 Å². The molecule has 1 heterocycles. The molecule has 1 aromatic carbocycles. The molecule has 0 saturated heterocycles. The second-order valence-electron chi connectivity index (χ2n) is 3.86. The predicted octanol–water partition coefficient (Wildman–Crippen LogP) is 3.51. The van der Waals surface area contributed by atoms with Crippen LogP contribution in [0, 0.1) is 0 Å². The first-order valence-corrected chi connectivity index (χ1v) is 6.81. The highest BCUT2D eigenvalue weighted by molar-refractivity contribution is 9.10. The van der Waals surface area contributed by atoms with Crippen LogP contribution in [0.4, 0.5) is 0 Å². The van der Waals surface area contributed by atoms with Gasteiger partial charge in [-0.3, -0.25) is 0 Å². The van der Waals surface area contributed by atoms with Crippen molar-refractivity contribution in [2.45, 2.75) is 26.6 Å². The van der Waals surface area contributed by atoms with E-state index in [0.29, 0.717) is 18.3 Å². The van der Waals surface area contributed by atoms with Gasteiger partial charge in [-0.2, -0.15) is 4.98 Å². The van der Waals surface area contributed by atoms with Gasteiger partial charge in [0.2, 0.25) is 0 Å². The second-order valence-corrected chi connectivity index (χ2v) is 4.72. The van der Waals surface area contributed by atoms with Gasteiger partial charge >= 0.3 is 0 Å². The van der Waals surface area contributed by atoms with Crippen LogP contribution in [0.3, 0.4) is 0 Å². The number of hydrogen-bond acceptors (Lipinski definition) is 5. The lowest BCUT2D eigenvalue weighted by Crippen LogP contribution is -2.02. The average molecular weight is 327 g/mol. The minimum absolute atomic E-state index is 0.175. The molecule has 0 spiro atoms. The lowest BCUT2D eigenvalue weighted by Gasteiger charge is -2.05. The van der Waals surface area contributed by atoms with Gasteiger partial charge in [0.25, 0.3) is 5.89 Å². The van der Waals surface area contributed by atoms with Gasteiger partial charge in [0, 0.05) is 6.61 Å². The van der Waals surface area contributed by atoms with Crippen LogP contribution in [0.2, 0.25) is 0 Å². The number of rotatable bonds is 6. The molecule has 0 radical (unpaired) electrons. The molecule has 2 rings (SSSR count). The molecule has 2 aromatic rings. The first-order valence-electron chi connectivity index (χ1n) is 6.02. The molecule has 0 N–H and O–H groups in total. The van der Waals surface area contributed by atoms with Crippen molar-refractivity contribution in [2.24, 2.45) is 0 Å². The Morgan fingerprint density at radius 2 is 2.16 bits per heavy atom. The maximum atomic E-state index is 5.59. The fourth-order valence-electron chi connectivity index (χ4n) is 1.52. The van der Waals surface area contributed by atoms with E-state index >= 15 is 0 Å². The Balaban J connectivity index is 1.95. The van der Waals surface area contributed by atoms with E-state index in [1.54, 1.807) is 0 Å². The van der Waals surface area contributed by atoms with Crippen molar-refractivity contribution in [2.75, 3.05) is 6.61 Å². The van der Waals surface area contributed by atoms with Gasteiger partial charge in [-0.1, -0.05) is 17.3 Å². The lowest BCUT2D eigenvalue weighted by molar-refractivity contribution is 0.0683. The van der Waals surface area contributed by atoms with Crippen LogP contribution in [0.1, 0.15) is 31.7 Å². The fraction of sp³-hybridized carbons (Fsp3) is 0.385. The Morgan fingerprint density at radius 3 is 2.89 bits per heavy atom. The van der Waals surface area contributed by atoms with Crippen LogP contribution in [-0.2, 0) is 11.3 Å². The van der Waals surface area contributed by atoms with E-state index in [1.165, 1.54) is 0 Å². The zero-order valence-electron chi connectivity index (χ0n) is 10.8. The third-order valence-corrected chi connectivity index (χ3v) is 3.11. The number of ether oxygens (including phenoxy) is 2. The molecule has 1 aromatic heterocycles. The molecule has 0 saturated carbocycles. The minimum atomic E-state index is -0.175. The molecular weight excluding hydrogens is 312 g/mol. The summed E-state index contributed by atoms with van der Waals surface area (Å²) in [5.41, 5.74) is 0. The summed E-state index contributed by atoms with van der Waals surface area (Å²) in [5, 5.41) is 3.87. The summed E-state index contributed by atoms with van der Waals surface area (Å²) >= 11 is 3.41. The SMILES string of the molecule is CCO[C@@H](C)c1noc(COc2ccccc2Br)n1. The van der Waals surface area contributed by atoms with Gasteiger partial charge in [-0.05, 0) is 41.9 Å². The van der Waals surface area contributed by atoms with Crippen molar-refractivity contribution in [1.29, 1.82) is 0 Å². The zero-order valence-corrected chi connectivity index (χ0v) is 12.4. The van der Waals surface area contributed by atoms with E-state index in [0.717, 1.165) is 10.2 Å². The molecular formula is C13H15BrN2O3. The van der Waals surface area contributed by atoms with Gasteiger partial charge in [0.1, 0.15) is 11.9 Å². The van der Waals surface area contributed by atoms with Crippen molar-refractivity contribution in [3.05, 3.63) is 40.5 Å². The number of aromatic nitrogens is 2. The molecule has 0 aliphatic rings. The van der Waals surface area contributed by atoms with Crippen molar-refractivity contribution in [3.63, 3.8) is 0 Å². The molecule has 0 aliphatic carbocycles. The fourth-order valence-corrected chi connectivity index (χ4v) is 1.92. The smallest absolute Gasteiger partial charge is 0.264 e. The first kappa shape index (κ1) is 14.0. The molecule has 1 atom stereocenters. The van der Waals surface area contributed by atoms with Crippen molar-refractivity contribution in [1.82, 2.24) is 10.1 Å².